The monoisotopic (exact) mass is 479 g/mol. The van der Waals surface area contributed by atoms with Gasteiger partial charge in [-0.3, -0.25) is 9.59 Å². The van der Waals surface area contributed by atoms with Gasteiger partial charge in [-0.2, -0.15) is 35.0 Å². The average Bonchev–Trinajstić information content (AvgIpc) is 2.54. The number of carboxylic acids is 2. The maximum atomic E-state index is 13.8. The molecule has 2 N–H and O–H groups in total. The summed E-state index contributed by atoms with van der Waals surface area (Å²) in [6.45, 7) is -2.27. The molecule has 0 fully saturated rings. The van der Waals surface area contributed by atoms with Gasteiger partial charge >= 0.3 is 29.3 Å². The maximum absolute atomic E-state index is 13.8. The van der Waals surface area contributed by atoms with Crippen LogP contribution in [-0.2, 0) is 19.6 Å². The van der Waals surface area contributed by atoms with Crippen LogP contribution in [0.4, 0.5) is 30.7 Å². The van der Waals surface area contributed by atoms with E-state index in [2.05, 4.69) is 0 Å². The van der Waals surface area contributed by atoms with Crippen LogP contribution in [-0.4, -0.2) is 97.0 Å². The molecule has 0 unspecified atom stereocenters. The molecule has 0 rings (SSSR count). The SMILES string of the molecule is C[N+](C)(CCCN(CCC(=O)O)S(=O)(=O)C(F)(F)C(F)(F)C(F)(F)F)CCC(=O)O. The van der Waals surface area contributed by atoms with Crippen LogP contribution < -0.4 is 0 Å². The largest absolute Gasteiger partial charge is 0.481 e. The molecule has 0 spiro atoms. The molecule has 16 heteroatoms. The quantitative estimate of drug-likeness (QED) is 0.308. The van der Waals surface area contributed by atoms with E-state index in [4.69, 9.17) is 10.2 Å². The lowest BCUT2D eigenvalue weighted by Crippen LogP contribution is -2.60. The molecule has 0 aromatic heterocycles. The zero-order valence-electron chi connectivity index (χ0n) is 15.9. The third kappa shape index (κ3) is 6.94. The van der Waals surface area contributed by atoms with Crippen molar-refractivity contribution in [3.8, 4) is 0 Å². The molecule has 0 radical (unpaired) electrons. The lowest BCUT2D eigenvalue weighted by molar-refractivity contribution is -0.889. The first-order valence-electron chi connectivity index (χ1n) is 8.26. The number of quaternary nitrogens is 1. The number of hydrogen-bond acceptors (Lipinski definition) is 4. The number of rotatable bonds is 13. The van der Waals surface area contributed by atoms with E-state index in [-0.39, 0.29) is 30.4 Å². The Kier molecular flexibility index (Phi) is 9.10. The molecule has 178 valence electrons. The standard InChI is InChI=1S/C14H21F7N2O6S/c1-23(2,9-5-11(26)27)8-3-6-22(7-4-10(24)25)30(28,29)14(20,21)12(15,16)13(17,18)19/h3-9H2,1-2H3,(H-,24,25,26,27)/p+1. The van der Waals surface area contributed by atoms with E-state index in [0.29, 0.717) is 0 Å². The van der Waals surface area contributed by atoms with Gasteiger partial charge in [0.15, 0.2) is 0 Å². The van der Waals surface area contributed by atoms with Crippen molar-refractivity contribution in [2.75, 3.05) is 40.3 Å². The van der Waals surface area contributed by atoms with Crippen LogP contribution >= 0.6 is 0 Å². The van der Waals surface area contributed by atoms with Crippen LogP contribution in [0.3, 0.4) is 0 Å². The summed E-state index contributed by atoms with van der Waals surface area (Å²) in [6.07, 6.45) is -8.65. The highest BCUT2D eigenvalue weighted by Crippen LogP contribution is 2.49. The van der Waals surface area contributed by atoms with Gasteiger partial charge in [-0.05, 0) is 0 Å². The Morgan fingerprint density at radius 2 is 1.33 bits per heavy atom. The van der Waals surface area contributed by atoms with Crippen LogP contribution in [0.15, 0.2) is 0 Å². The van der Waals surface area contributed by atoms with Crippen LogP contribution in [0.2, 0.25) is 0 Å². The van der Waals surface area contributed by atoms with Gasteiger partial charge in [0.05, 0.1) is 40.0 Å². The van der Waals surface area contributed by atoms with Gasteiger partial charge in [0.25, 0.3) is 10.0 Å². The molecule has 0 amide bonds. The summed E-state index contributed by atoms with van der Waals surface area (Å²) >= 11 is 0. The van der Waals surface area contributed by atoms with Gasteiger partial charge < -0.3 is 14.7 Å². The highest BCUT2D eigenvalue weighted by Gasteiger charge is 2.79. The molecule has 30 heavy (non-hydrogen) atoms. The minimum Gasteiger partial charge on any atom is -0.481 e. The van der Waals surface area contributed by atoms with Crippen LogP contribution in [0.25, 0.3) is 0 Å². The van der Waals surface area contributed by atoms with Gasteiger partial charge in [0.1, 0.15) is 0 Å². The Hall–Kier alpha value is -1.68. The first-order chi connectivity index (χ1) is 13.2. The summed E-state index contributed by atoms with van der Waals surface area (Å²) in [7, 11) is -3.63. The lowest BCUT2D eigenvalue weighted by Gasteiger charge is -2.33. The Labute approximate surface area is 167 Å². The Morgan fingerprint density at radius 3 is 1.73 bits per heavy atom. The number of nitrogens with zero attached hydrogens (tertiary/aromatic N) is 2. The molecule has 0 saturated carbocycles. The van der Waals surface area contributed by atoms with E-state index in [1.54, 1.807) is 0 Å². The fraction of sp³-hybridized carbons (Fsp3) is 0.857. The predicted octanol–water partition coefficient (Wildman–Crippen LogP) is 1.82. The van der Waals surface area contributed by atoms with Crippen molar-refractivity contribution < 1.29 is 63.4 Å². The lowest BCUT2D eigenvalue weighted by atomic mass is 10.3. The third-order valence-corrected chi connectivity index (χ3v) is 6.01. The van der Waals surface area contributed by atoms with E-state index in [9.17, 15) is 48.7 Å². The summed E-state index contributed by atoms with van der Waals surface area (Å²) in [6, 6.07) is 0. The van der Waals surface area contributed by atoms with Crippen molar-refractivity contribution in [3.05, 3.63) is 0 Å². The fourth-order valence-corrected chi connectivity index (χ4v) is 3.71. The van der Waals surface area contributed by atoms with Crippen molar-refractivity contribution in [2.24, 2.45) is 0 Å². The van der Waals surface area contributed by atoms with Gasteiger partial charge in [0, 0.05) is 19.5 Å². The number of hydrogen-bond donors (Lipinski definition) is 2. The van der Waals surface area contributed by atoms with Crippen LogP contribution in [0.1, 0.15) is 19.3 Å². The Balaban J connectivity index is 5.65. The minimum absolute atomic E-state index is 0.0273. The number of alkyl halides is 7. The van der Waals surface area contributed by atoms with Crippen molar-refractivity contribution in [2.45, 2.75) is 36.6 Å². The van der Waals surface area contributed by atoms with E-state index in [1.165, 1.54) is 14.1 Å². The van der Waals surface area contributed by atoms with E-state index < -0.39 is 63.1 Å². The molecule has 0 aliphatic heterocycles. The van der Waals surface area contributed by atoms with Gasteiger partial charge in [-0.25, -0.2) is 8.42 Å². The summed E-state index contributed by atoms with van der Waals surface area (Å²) in [5, 5.41) is 10.7. The molecule has 0 heterocycles. The zero-order valence-corrected chi connectivity index (χ0v) is 16.7. The van der Waals surface area contributed by atoms with E-state index in [0.717, 1.165) is 0 Å². The first kappa shape index (κ1) is 28.3. The normalized spacial score (nSPS) is 14.2. The molecule has 0 saturated heterocycles. The van der Waals surface area contributed by atoms with Crippen molar-refractivity contribution in [3.63, 3.8) is 0 Å². The summed E-state index contributed by atoms with van der Waals surface area (Å²) in [5.74, 6) is -9.77. The molecule has 0 atom stereocenters. The third-order valence-electron chi connectivity index (χ3n) is 4.06. The fourth-order valence-electron chi connectivity index (χ4n) is 2.25. The first-order valence-corrected chi connectivity index (χ1v) is 9.70. The second-order valence-corrected chi connectivity index (χ2v) is 9.00. The summed E-state index contributed by atoms with van der Waals surface area (Å²) < 4.78 is 114. The summed E-state index contributed by atoms with van der Waals surface area (Å²) in [5.41, 5.74) is 0. The van der Waals surface area contributed by atoms with E-state index >= 15 is 0 Å². The molecule has 0 aromatic rings. The van der Waals surface area contributed by atoms with Crippen LogP contribution in [0, 0.1) is 0 Å². The number of carbonyl (C=O) groups is 2. The Bertz CT molecular complexity index is 725. The highest BCUT2D eigenvalue weighted by molar-refractivity contribution is 7.90. The topological polar surface area (TPSA) is 112 Å². The predicted molar refractivity (Wildman–Crippen MR) is 87.4 cm³/mol. The molecular formula is C14H22F7N2O6S+. The van der Waals surface area contributed by atoms with Crippen LogP contribution in [0.5, 0.6) is 0 Å². The second-order valence-electron chi connectivity index (χ2n) is 7.02. The number of halogens is 7. The number of sulfonamides is 1. The van der Waals surface area contributed by atoms with Crippen molar-refractivity contribution in [1.82, 2.24) is 4.31 Å². The van der Waals surface area contributed by atoms with Crippen molar-refractivity contribution in [1.29, 1.82) is 0 Å². The number of aliphatic carboxylic acids is 2. The maximum Gasteiger partial charge on any atom is 0.461 e. The Morgan fingerprint density at radius 1 is 0.867 bits per heavy atom. The van der Waals surface area contributed by atoms with Gasteiger partial charge in [-0.1, -0.05) is 0 Å². The minimum atomic E-state index is -6.92. The van der Waals surface area contributed by atoms with Gasteiger partial charge in [-0.15, -0.1) is 0 Å². The summed E-state index contributed by atoms with van der Waals surface area (Å²) in [4.78, 5) is 21.2. The number of carboxylic acid groups (broad SMARTS) is 2. The second kappa shape index (κ2) is 9.64. The van der Waals surface area contributed by atoms with E-state index in [1.807, 2.05) is 0 Å². The molecule has 0 aliphatic carbocycles. The molecule has 0 bridgehead atoms. The molecule has 8 nitrogen and oxygen atoms in total. The highest BCUT2D eigenvalue weighted by atomic mass is 32.2. The average molecular weight is 479 g/mol. The molecule has 0 aliphatic rings. The molecular weight excluding hydrogens is 457 g/mol. The van der Waals surface area contributed by atoms with Gasteiger partial charge in [0.2, 0.25) is 0 Å². The molecule has 0 aromatic carbocycles. The smallest absolute Gasteiger partial charge is 0.461 e. The van der Waals surface area contributed by atoms with Crippen molar-refractivity contribution >= 4 is 22.0 Å². The zero-order chi connectivity index (χ0) is 24.2.